The fraction of sp³-hybridized carbons (Fsp3) is 0.688. The fourth-order valence-electron chi connectivity index (χ4n) is 3.53. The van der Waals surface area contributed by atoms with E-state index in [1.807, 2.05) is 22.7 Å². The van der Waals surface area contributed by atoms with Crippen LogP contribution < -0.4 is 5.32 Å². The number of nitrogens with one attached hydrogen (secondary N) is 1. The zero-order valence-corrected chi connectivity index (χ0v) is 13.1. The standard InChI is InChI=1S/C16H24N4O2/c1-19-9-8-17-14(19)10-18-16(22)12-6-7-15(21)20(11-12)13-4-2-3-5-13/h8-9,12-13H,2-7,10-11H2,1H3,(H,18,22)/t12-/m1/s1. The van der Waals surface area contributed by atoms with E-state index in [1.54, 1.807) is 6.20 Å². The van der Waals surface area contributed by atoms with Gasteiger partial charge in [-0.25, -0.2) is 4.98 Å². The lowest BCUT2D eigenvalue weighted by molar-refractivity contribution is -0.140. The van der Waals surface area contributed by atoms with Crippen LogP contribution in [0.4, 0.5) is 0 Å². The third-order valence-corrected chi connectivity index (χ3v) is 4.92. The molecule has 1 saturated heterocycles. The molecular weight excluding hydrogens is 280 g/mol. The van der Waals surface area contributed by atoms with Gasteiger partial charge in [-0.3, -0.25) is 9.59 Å². The number of carbonyl (C=O) groups excluding carboxylic acids is 2. The highest BCUT2D eigenvalue weighted by atomic mass is 16.2. The molecule has 6 nitrogen and oxygen atoms in total. The predicted octanol–water partition coefficient (Wildman–Crippen LogP) is 1.22. The number of likely N-dealkylation sites (tertiary alicyclic amines) is 1. The minimum Gasteiger partial charge on any atom is -0.349 e. The van der Waals surface area contributed by atoms with Crippen molar-refractivity contribution in [3.05, 3.63) is 18.2 Å². The number of rotatable bonds is 4. The van der Waals surface area contributed by atoms with Crippen LogP contribution in [-0.4, -0.2) is 38.9 Å². The molecule has 0 unspecified atom stereocenters. The second kappa shape index (κ2) is 6.50. The van der Waals surface area contributed by atoms with Gasteiger partial charge in [0, 0.05) is 38.4 Å². The summed E-state index contributed by atoms with van der Waals surface area (Å²) in [4.78, 5) is 30.7. The van der Waals surface area contributed by atoms with Gasteiger partial charge >= 0.3 is 0 Å². The molecule has 0 radical (unpaired) electrons. The van der Waals surface area contributed by atoms with E-state index < -0.39 is 0 Å². The normalized spacial score (nSPS) is 23.0. The largest absolute Gasteiger partial charge is 0.349 e. The van der Waals surface area contributed by atoms with E-state index in [4.69, 9.17) is 0 Å². The summed E-state index contributed by atoms with van der Waals surface area (Å²) in [6.45, 7) is 1.02. The number of imidazole rings is 1. The van der Waals surface area contributed by atoms with E-state index in [-0.39, 0.29) is 17.7 Å². The van der Waals surface area contributed by atoms with Crippen molar-refractivity contribution in [2.45, 2.75) is 51.1 Å². The molecule has 2 fully saturated rings. The number of aromatic nitrogens is 2. The van der Waals surface area contributed by atoms with E-state index in [0.717, 1.165) is 18.7 Å². The smallest absolute Gasteiger partial charge is 0.225 e. The minimum absolute atomic E-state index is 0.0403. The monoisotopic (exact) mass is 304 g/mol. The van der Waals surface area contributed by atoms with Gasteiger partial charge in [0.05, 0.1) is 12.5 Å². The Balaban J connectivity index is 1.56. The van der Waals surface area contributed by atoms with E-state index >= 15 is 0 Å². The van der Waals surface area contributed by atoms with Gasteiger partial charge < -0.3 is 14.8 Å². The SMILES string of the molecule is Cn1ccnc1CNC(=O)[C@@H]1CCC(=O)N(C2CCCC2)C1. The minimum atomic E-state index is -0.0847. The maximum atomic E-state index is 12.4. The molecule has 0 spiro atoms. The number of piperidine rings is 1. The second-order valence-electron chi connectivity index (χ2n) is 6.39. The molecule has 2 heterocycles. The Bertz CT molecular complexity index is 548. The Kier molecular flexibility index (Phi) is 4.45. The average Bonchev–Trinajstić information content (AvgIpc) is 3.17. The van der Waals surface area contributed by atoms with Crippen molar-refractivity contribution in [2.24, 2.45) is 13.0 Å². The number of amides is 2. The molecule has 1 aliphatic carbocycles. The number of carbonyl (C=O) groups is 2. The number of aryl methyl sites for hydroxylation is 1. The molecule has 0 bridgehead atoms. The molecule has 1 aromatic heterocycles. The molecular formula is C16H24N4O2. The number of hydrogen-bond donors (Lipinski definition) is 1. The topological polar surface area (TPSA) is 67.2 Å². The van der Waals surface area contributed by atoms with Gasteiger partial charge in [0.2, 0.25) is 11.8 Å². The van der Waals surface area contributed by atoms with E-state index in [0.29, 0.717) is 32.0 Å². The summed E-state index contributed by atoms with van der Waals surface area (Å²) in [7, 11) is 1.91. The summed E-state index contributed by atoms with van der Waals surface area (Å²) in [5.41, 5.74) is 0. The first-order valence-corrected chi connectivity index (χ1v) is 8.18. The lowest BCUT2D eigenvalue weighted by Crippen LogP contribution is -2.49. The van der Waals surface area contributed by atoms with Crippen LogP contribution in [0.3, 0.4) is 0 Å². The summed E-state index contributed by atoms with van der Waals surface area (Å²) >= 11 is 0. The van der Waals surface area contributed by atoms with Crippen molar-refractivity contribution >= 4 is 11.8 Å². The third kappa shape index (κ3) is 3.15. The first-order valence-electron chi connectivity index (χ1n) is 8.18. The van der Waals surface area contributed by atoms with Gasteiger partial charge in [-0.05, 0) is 19.3 Å². The quantitative estimate of drug-likeness (QED) is 0.909. The lowest BCUT2D eigenvalue weighted by Gasteiger charge is -2.36. The lowest BCUT2D eigenvalue weighted by atomic mass is 9.95. The van der Waals surface area contributed by atoms with E-state index in [9.17, 15) is 9.59 Å². The summed E-state index contributed by atoms with van der Waals surface area (Å²) < 4.78 is 1.90. The van der Waals surface area contributed by atoms with Gasteiger partial charge in [-0.1, -0.05) is 12.8 Å². The third-order valence-electron chi connectivity index (χ3n) is 4.92. The Labute approximate surface area is 130 Å². The zero-order valence-electron chi connectivity index (χ0n) is 13.1. The maximum absolute atomic E-state index is 12.4. The van der Waals surface area contributed by atoms with Crippen molar-refractivity contribution in [1.29, 1.82) is 0 Å². The van der Waals surface area contributed by atoms with E-state index in [1.165, 1.54) is 12.8 Å². The van der Waals surface area contributed by atoms with Gasteiger partial charge in [-0.15, -0.1) is 0 Å². The summed E-state index contributed by atoms with van der Waals surface area (Å²) in [6, 6.07) is 0.359. The zero-order chi connectivity index (χ0) is 15.5. The maximum Gasteiger partial charge on any atom is 0.225 e. The van der Waals surface area contributed by atoms with Crippen molar-refractivity contribution < 1.29 is 9.59 Å². The molecule has 2 amide bonds. The van der Waals surface area contributed by atoms with Crippen molar-refractivity contribution in [3.63, 3.8) is 0 Å². The predicted molar refractivity (Wildman–Crippen MR) is 81.7 cm³/mol. The molecule has 1 atom stereocenters. The Morgan fingerprint density at radius 3 is 2.82 bits per heavy atom. The second-order valence-corrected chi connectivity index (χ2v) is 6.39. The first kappa shape index (κ1) is 15.1. The molecule has 1 aromatic rings. The van der Waals surface area contributed by atoms with Crippen LogP contribution in [0.15, 0.2) is 12.4 Å². The van der Waals surface area contributed by atoms with Crippen LogP contribution in [-0.2, 0) is 23.2 Å². The first-order chi connectivity index (χ1) is 10.6. The Morgan fingerprint density at radius 1 is 1.36 bits per heavy atom. The van der Waals surface area contributed by atoms with Crippen LogP contribution in [0.5, 0.6) is 0 Å². The highest BCUT2D eigenvalue weighted by molar-refractivity contribution is 5.84. The molecule has 0 aromatic carbocycles. The number of hydrogen-bond acceptors (Lipinski definition) is 3. The highest BCUT2D eigenvalue weighted by Gasteiger charge is 2.35. The van der Waals surface area contributed by atoms with Gasteiger partial charge in [-0.2, -0.15) is 0 Å². The van der Waals surface area contributed by atoms with Crippen molar-refractivity contribution in [1.82, 2.24) is 19.8 Å². The highest BCUT2D eigenvalue weighted by Crippen LogP contribution is 2.28. The number of nitrogens with zero attached hydrogens (tertiary/aromatic N) is 3. The van der Waals surface area contributed by atoms with Crippen LogP contribution in [0.25, 0.3) is 0 Å². The van der Waals surface area contributed by atoms with Gasteiger partial charge in [0.1, 0.15) is 5.82 Å². The molecule has 1 aliphatic heterocycles. The summed E-state index contributed by atoms with van der Waals surface area (Å²) in [6.07, 6.45) is 9.33. The molecule has 22 heavy (non-hydrogen) atoms. The van der Waals surface area contributed by atoms with Crippen LogP contribution >= 0.6 is 0 Å². The molecule has 1 N–H and O–H groups in total. The Morgan fingerprint density at radius 2 is 2.14 bits per heavy atom. The molecule has 6 heteroatoms. The van der Waals surface area contributed by atoms with E-state index in [2.05, 4.69) is 10.3 Å². The van der Waals surface area contributed by atoms with Gasteiger partial charge in [0.25, 0.3) is 0 Å². The van der Waals surface area contributed by atoms with Gasteiger partial charge in [0.15, 0.2) is 0 Å². The van der Waals surface area contributed by atoms with Crippen molar-refractivity contribution in [3.8, 4) is 0 Å². The molecule has 1 saturated carbocycles. The average molecular weight is 304 g/mol. The van der Waals surface area contributed by atoms with Crippen molar-refractivity contribution in [2.75, 3.05) is 6.54 Å². The fourth-order valence-corrected chi connectivity index (χ4v) is 3.53. The molecule has 120 valence electrons. The van der Waals surface area contributed by atoms with Crippen LogP contribution in [0, 0.1) is 5.92 Å². The molecule has 3 rings (SSSR count). The molecule has 2 aliphatic rings. The Hall–Kier alpha value is -1.85. The summed E-state index contributed by atoms with van der Waals surface area (Å²) in [5, 5.41) is 2.96. The van der Waals surface area contributed by atoms with Crippen LogP contribution in [0.2, 0.25) is 0 Å². The summed E-state index contributed by atoms with van der Waals surface area (Å²) in [5.74, 6) is 1.02. The van der Waals surface area contributed by atoms with Crippen LogP contribution in [0.1, 0.15) is 44.3 Å².